The van der Waals surface area contributed by atoms with E-state index >= 15 is 0 Å². The third kappa shape index (κ3) is 4.56. The van der Waals surface area contributed by atoms with Crippen molar-refractivity contribution in [3.8, 4) is 5.75 Å². The molecule has 0 aliphatic heterocycles. The summed E-state index contributed by atoms with van der Waals surface area (Å²) in [7, 11) is -2.73. The van der Waals surface area contributed by atoms with Crippen LogP contribution in [0.2, 0.25) is 0 Å². The number of nitroso groups, excluding NO2 is 1. The summed E-state index contributed by atoms with van der Waals surface area (Å²) in [4.78, 5) is 21.2. The quantitative estimate of drug-likeness (QED) is 0.603. The van der Waals surface area contributed by atoms with Crippen molar-refractivity contribution in [2.75, 3.05) is 26.8 Å². The van der Waals surface area contributed by atoms with Gasteiger partial charge in [0.2, 0.25) is 10.0 Å². The van der Waals surface area contributed by atoms with Gasteiger partial charge in [0.1, 0.15) is 5.75 Å². The lowest BCUT2D eigenvalue weighted by atomic mass is 10.3. The minimum Gasteiger partial charge on any atom is -0.497 e. The lowest BCUT2D eigenvalue weighted by molar-refractivity contribution is -0.118. The van der Waals surface area contributed by atoms with Gasteiger partial charge in [0.25, 0.3) is 0 Å². The van der Waals surface area contributed by atoms with Crippen LogP contribution in [0.25, 0.3) is 0 Å². The van der Waals surface area contributed by atoms with Crippen molar-refractivity contribution in [3.05, 3.63) is 29.2 Å². The highest BCUT2D eigenvalue weighted by atomic mass is 32.2. The van der Waals surface area contributed by atoms with Crippen molar-refractivity contribution < 1.29 is 28.2 Å². The van der Waals surface area contributed by atoms with E-state index in [0.29, 0.717) is 10.1 Å². The van der Waals surface area contributed by atoms with Gasteiger partial charge in [-0.05, 0) is 24.3 Å². The number of nitrogens with zero attached hydrogens (tertiary/aromatic N) is 2. The second kappa shape index (κ2) is 7.94. The second-order valence-corrected chi connectivity index (χ2v) is 6.23. The predicted molar refractivity (Wildman–Crippen MR) is 75.6 cm³/mol. The molecule has 1 atom stereocenters. The van der Waals surface area contributed by atoms with Gasteiger partial charge < -0.3 is 14.9 Å². The number of hydrogen-bond acceptors (Lipinski definition) is 7. The van der Waals surface area contributed by atoms with E-state index in [2.05, 4.69) is 5.18 Å². The topological polar surface area (TPSA) is 134 Å². The minimum atomic E-state index is -4.15. The summed E-state index contributed by atoms with van der Waals surface area (Å²) in [6.07, 6.45) is -1.40. The first-order valence-corrected chi connectivity index (χ1v) is 7.58. The molecule has 22 heavy (non-hydrogen) atoms. The van der Waals surface area contributed by atoms with E-state index in [0.717, 1.165) is 0 Å². The van der Waals surface area contributed by atoms with Crippen LogP contribution in [-0.4, -0.2) is 61.8 Å². The molecule has 1 amide bonds. The summed E-state index contributed by atoms with van der Waals surface area (Å²) < 4.78 is 30.4. The van der Waals surface area contributed by atoms with Crippen LogP contribution in [0.1, 0.15) is 0 Å². The molecule has 0 unspecified atom stereocenters. The SMILES string of the molecule is COc1ccc(S(=O)(=O)N(CC(=O)N=O)C[C@H](O)CO)cc1. The van der Waals surface area contributed by atoms with Gasteiger partial charge in [-0.25, -0.2) is 8.42 Å². The molecule has 1 rings (SSSR count). The van der Waals surface area contributed by atoms with Crippen molar-refractivity contribution in [2.45, 2.75) is 11.0 Å². The summed E-state index contributed by atoms with van der Waals surface area (Å²) in [5.41, 5.74) is 0. The normalized spacial score (nSPS) is 12.9. The molecule has 0 fully saturated rings. The molecule has 0 bridgehead atoms. The third-order valence-electron chi connectivity index (χ3n) is 2.74. The van der Waals surface area contributed by atoms with Gasteiger partial charge in [0, 0.05) is 11.7 Å². The summed E-state index contributed by atoms with van der Waals surface area (Å²) in [5.74, 6) is -0.770. The zero-order chi connectivity index (χ0) is 16.8. The highest BCUT2D eigenvalue weighted by Crippen LogP contribution is 2.19. The Morgan fingerprint density at radius 3 is 2.41 bits per heavy atom. The van der Waals surface area contributed by atoms with Crippen molar-refractivity contribution in [1.29, 1.82) is 0 Å². The molecule has 122 valence electrons. The van der Waals surface area contributed by atoms with E-state index in [1.807, 2.05) is 0 Å². The Labute approximate surface area is 127 Å². The molecular weight excluding hydrogens is 316 g/mol. The van der Waals surface area contributed by atoms with E-state index in [9.17, 15) is 23.2 Å². The van der Waals surface area contributed by atoms with E-state index in [-0.39, 0.29) is 4.90 Å². The van der Waals surface area contributed by atoms with Crippen LogP contribution in [0.15, 0.2) is 34.3 Å². The van der Waals surface area contributed by atoms with Crippen molar-refractivity contribution in [2.24, 2.45) is 5.18 Å². The number of aliphatic hydroxyl groups excluding tert-OH is 2. The molecule has 0 aliphatic carbocycles. The zero-order valence-corrected chi connectivity index (χ0v) is 12.6. The average Bonchev–Trinajstić information content (AvgIpc) is 2.53. The van der Waals surface area contributed by atoms with E-state index < -0.39 is 41.7 Å². The molecule has 0 heterocycles. The van der Waals surface area contributed by atoms with Crippen LogP contribution in [0.3, 0.4) is 0 Å². The highest BCUT2D eigenvalue weighted by molar-refractivity contribution is 7.89. The van der Waals surface area contributed by atoms with Crippen LogP contribution < -0.4 is 4.74 Å². The molecule has 1 aromatic carbocycles. The number of methoxy groups -OCH3 is 1. The van der Waals surface area contributed by atoms with Crippen molar-refractivity contribution >= 4 is 15.9 Å². The third-order valence-corrected chi connectivity index (χ3v) is 4.56. The standard InChI is InChI=1S/C12H16N2O7S/c1-21-10-2-4-11(5-3-10)22(19,20)14(6-9(16)8-15)7-12(17)13-18/h2-5,9,15-16H,6-8H2,1H3/t9-/m0/s1. The Balaban J connectivity index is 3.12. The summed E-state index contributed by atoms with van der Waals surface area (Å²) >= 11 is 0. The van der Waals surface area contributed by atoms with Crippen molar-refractivity contribution in [3.63, 3.8) is 0 Å². The first-order chi connectivity index (χ1) is 10.3. The number of carbonyl (C=O) groups is 1. The Kier molecular flexibility index (Phi) is 6.56. The lowest BCUT2D eigenvalue weighted by Gasteiger charge is -2.22. The minimum absolute atomic E-state index is 0.155. The van der Waals surface area contributed by atoms with Gasteiger partial charge in [-0.15, -0.1) is 4.91 Å². The molecule has 1 aromatic rings. The maximum absolute atomic E-state index is 12.4. The van der Waals surface area contributed by atoms with Gasteiger partial charge in [-0.1, -0.05) is 0 Å². The van der Waals surface area contributed by atoms with Gasteiger partial charge in [-0.3, -0.25) is 4.79 Å². The second-order valence-electron chi connectivity index (χ2n) is 4.29. The summed E-state index contributed by atoms with van der Waals surface area (Å²) in [6, 6.07) is 5.33. The molecule has 9 nitrogen and oxygen atoms in total. The Hall–Kier alpha value is -1.88. The molecule has 0 radical (unpaired) electrons. The fourth-order valence-corrected chi connectivity index (χ4v) is 3.04. The first-order valence-electron chi connectivity index (χ1n) is 6.14. The van der Waals surface area contributed by atoms with E-state index in [4.69, 9.17) is 9.84 Å². The van der Waals surface area contributed by atoms with Gasteiger partial charge >= 0.3 is 5.91 Å². The van der Waals surface area contributed by atoms with Gasteiger partial charge in [-0.2, -0.15) is 4.31 Å². The number of hydrogen-bond donors (Lipinski definition) is 2. The lowest BCUT2D eigenvalue weighted by Crippen LogP contribution is -2.41. The van der Waals surface area contributed by atoms with Crippen LogP contribution in [0.5, 0.6) is 5.75 Å². The Morgan fingerprint density at radius 1 is 1.36 bits per heavy atom. The number of aliphatic hydroxyl groups is 2. The largest absolute Gasteiger partial charge is 0.497 e. The van der Waals surface area contributed by atoms with Crippen molar-refractivity contribution in [1.82, 2.24) is 4.31 Å². The number of rotatable bonds is 8. The first kappa shape index (κ1) is 18.2. The number of benzene rings is 1. The predicted octanol–water partition coefficient (Wildman–Crippen LogP) is -0.668. The molecule has 0 saturated carbocycles. The monoisotopic (exact) mass is 332 g/mol. The van der Waals surface area contributed by atoms with Crippen LogP contribution >= 0.6 is 0 Å². The Bertz CT molecular complexity index is 615. The number of ether oxygens (including phenoxy) is 1. The molecule has 0 aromatic heterocycles. The fourth-order valence-electron chi connectivity index (χ4n) is 1.62. The maximum atomic E-state index is 12.4. The highest BCUT2D eigenvalue weighted by Gasteiger charge is 2.28. The molecule has 0 aliphatic rings. The fraction of sp³-hybridized carbons (Fsp3) is 0.417. The van der Waals surface area contributed by atoms with Gasteiger partial charge in [0.05, 0.1) is 31.3 Å². The van der Waals surface area contributed by atoms with Crippen LogP contribution in [0.4, 0.5) is 0 Å². The van der Waals surface area contributed by atoms with E-state index in [1.54, 1.807) is 0 Å². The molecular formula is C12H16N2O7S. The summed E-state index contributed by atoms with van der Waals surface area (Å²) in [6.45, 7) is -2.07. The summed E-state index contributed by atoms with van der Waals surface area (Å²) in [5, 5.41) is 20.4. The number of carbonyl (C=O) groups excluding carboxylic acids is 1. The molecule has 10 heteroatoms. The zero-order valence-electron chi connectivity index (χ0n) is 11.7. The van der Waals surface area contributed by atoms with Gasteiger partial charge in [0.15, 0.2) is 0 Å². The molecule has 0 spiro atoms. The number of amides is 1. The number of sulfonamides is 1. The smallest absolute Gasteiger partial charge is 0.301 e. The van der Waals surface area contributed by atoms with Crippen LogP contribution in [0, 0.1) is 4.91 Å². The van der Waals surface area contributed by atoms with E-state index in [1.165, 1.54) is 31.4 Å². The van der Waals surface area contributed by atoms with Crippen LogP contribution in [-0.2, 0) is 14.8 Å². The molecule has 0 saturated heterocycles. The maximum Gasteiger partial charge on any atom is 0.301 e. The molecule has 2 N–H and O–H groups in total. The Morgan fingerprint density at radius 2 is 1.95 bits per heavy atom. The average molecular weight is 332 g/mol.